The molecule has 0 aliphatic carbocycles. The number of methoxy groups -OCH3 is 1. The van der Waals surface area contributed by atoms with Crippen molar-refractivity contribution in [2.24, 2.45) is 5.73 Å². The van der Waals surface area contributed by atoms with E-state index in [2.05, 4.69) is 0 Å². The van der Waals surface area contributed by atoms with Crippen LogP contribution in [-0.2, 0) is 0 Å². The summed E-state index contributed by atoms with van der Waals surface area (Å²) in [6.07, 6.45) is 0.666. The van der Waals surface area contributed by atoms with E-state index in [1.165, 1.54) is 19.2 Å². The van der Waals surface area contributed by atoms with Crippen LogP contribution in [0.4, 0.5) is 0 Å². The molecule has 0 aromatic heterocycles. The average Bonchev–Trinajstić information content (AvgIpc) is 2.29. The highest BCUT2D eigenvalue weighted by molar-refractivity contribution is 5.89. The molecule has 5 nitrogen and oxygen atoms in total. The summed E-state index contributed by atoms with van der Waals surface area (Å²) in [6.45, 7) is 2.35. The maximum absolute atomic E-state index is 11.0. The predicted molar refractivity (Wildman–Crippen MR) is 63.7 cm³/mol. The summed E-state index contributed by atoms with van der Waals surface area (Å²) in [6, 6.07) is 2.76. The molecule has 94 valence electrons. The van der Waals surface area contributed by atoms with Gasteiger partial charge >= 0.3 is 5.97 Å². The lowest BCUT2D eigenvalue weighted by Gasteiger charge is -2.15. The Hall–Kier alpha value is -1.75. The number of phenols is 1. The van der Waals surface area contributed by atoms with Crippen LogP contribution in [0.2, 0.25) is 0 Å². The normalized spacial score (nSPS) is 12.2. The van der Waals surface area contributed by atoms with Crippen LogP contribution in [0.5, 0.6) is 11.5 Å². The van der Waals surface area contributed by atoms with Crippen LogP contribution >= 0.6 is 0 Å². The SMILES string of the molecule is COc1cc(C(=O)O)cc(C(C)CCN)c1O. The summed E-state index contributed by atoms with van der Waals surface area (Å²) >= 11 is 0. The molecule has 1 aromatic rings. The molecule has 0 saturated heterocycles. The van der Waals surface area contributed by atoms with Gasteiger partial charge in [0.2, 0.25) is 0 Å². The Morgan fingerprint density at radius 2 is 2.18 bits per heavy atom. The number of nitrogens with two attached hydrogens (primary N) is 1. The predicted octanol–water partition coefficient (Wildman–Crippen LogP) is 1.55. The molecular formula is C12H17NO4. The molecule has 0 aliphatic heterocycles. The number of hydrogen-bond acceptors (Lipinski definition) is 4. The van der Waals surface area contributed by atoms with Gasteiger partial charge in [-0.05, 0) is 31.0 Å². The Kier molecular flexibility index (Phi) is 4.34. The minimum absolute atomic E-state index is 0.0153. The molecule has 1 atom stereocenters. The van der Waals surface area contributed by atoms with Crippen molar-refractivity contribution in [2.75, 3.05) is 13.7 Å². The molecule has 1 aromatic carbocycles. The largest absolute Gasteiger partial charge is 0.504 e. The van der Waals surface area contributed by atoms with Gasteiger partial charge in [-0.15, -0.1) is 0 Å². The molecule has 0 fully saturated rings. The number of carboxylic acid groups (broad SMARTS) is 1. The van der Waals surface area contributed by atoms with Crippen molar-refractivity contribution in [1.82, 2.24) is 0 Å². The molecule has 0 heterocycles. The van der Waals surface area contributed by atoms with Gasteiger partial charge in [0.05, 0.1) is 12.7 Å². The van der Waals surface area contributed by atoms with E-state index in [0.717, 1.165) is 0 Å². The number of hydrogen-bond donors (Lipinski definition) is 3. The molecule has 17 heavy (non-hydrogen) atoms. The van der Waals surface area contributed by atoms with Crippen molar-refractivity contribution >= 4 is 5.97 Å². The van der Waals surface area contributed by atoms with Gasteiger partial charge in [-0.2, -0.15) is 0 Å². The van der Waals surface area contributed by atoms with Crippen molar-refractivity contribution in [3.05, 3.63) is 23.3 Å². The lowest BCUT2D eigenvalue weighted by atomic mass is 9.94. The average molecular weight is 239 g/mol. The first-order valence-corrected chi connectivity index (χ1v) is 5.35. The van der Waals surface area contributed by atoms with Crippen LogP contribution < -0.4 is 10.5 Å². The number of aromatic hydroxyl groups is 1. The van der Waals surface area contributed by atoms with Crippen LogP contribution in [0.1, 0.15) is 35.2 Å². The van der Waals surface area contributed by atoms with Gasteiger partial charge in [0.15, 0.2) is 11.5 Å². The Bertz CT molecular complexity index is 417. The first kappa shape index (κ1) is 13.3. The summed E-state index contributed by atoms with van der Waals surface area (Å²) < 4.78 is 4.96. The molecular weight excluding hydrogens is 222 g/mol. The molecule has 5 heteroatoms. The Morgan fingerprint density at radius 1 is 1.53 bits per heavy atom. The van der Waals surface area contributed by atoms with E-state index in [1.54, 1.807) is 0 Å². The van der Waals surface area contributed by atoms with Crippen molar-refractivity contribution < 1.29 is 19.7 Å². The number of rotatable bonds is 5. The van der Waals surface area contributed by atoms with Gasteiger partial charge in [-0.25, -0.2) is 4.79 Å². The smallest absolute Gasteiger partial charge is 0.335 e. The van der Waals surface area contributed by atoms with E-state index in [-0.39, 0.29) is 23.0 Å². The highest BCUT2D eigenvalue weighted by atomic mass is 16.5. The van der Waals surface area contributed by atoms with E-state index >= 15 is 0 Å². The zero-order valence-corrected chi connectivity index (χ0v) is 9.93. The fourth-order valence-electron chi connectivity index (χ4n) is 1.69. The van der Waals surface area contributed by atoms with Crippen LogP contribution in [0.3, 0.4) is 0 Å². The van der Waals surface area contributed by atoms with Gasteiger partial charge in [0.25, 0.3) is 0 Å². The second-order valence-corrected chi connectivity index (χ2v) is 3.90. The van der Waals surface area contributed by atoms with E-state index in [4.69, 9.17) is 15.6 Å². The fourth-order valence-corrected chi connectivity index (χ4v) is 1.69. The number of benzene rings is 1. The summed E-state index contributed by atoms with van der Waals surface area (Å²) in [5, 5.41) is 18.9. The van der Waals surface area contributed by atoms with Gasteiger partial charge in [0, 0.05) is 5.56 Å². The maximum atomic E-state index is 11.0. The van der Waals surface area contributed by atoms with Crippen LogP contribution in [0.15, 0.2) is 12.1 Å². The minimum atomic E-state index is -1.05. The monoisotopic (exact) mass is 239 g/mol. The third-order valence-electron chi connectivity index (χ3n) is 2.70. The minimum Gasteiger partial charge on any atom is -0.504 e. The quantitative estimate of drug-likeness (QED) is 0.725. The zero-order valence-electron chi connectivity index (χ0n) is 9.93. The van der Waals surface area contributed by atoms with Crippen molar-refractivity contribution in [3.8, 4) is 11.5 Å². The summed E-state index contributed by atoms with van der Waals surface area (Å²) in [5.74, 6) is -0.917. The van der Waals surface area contributed by atoms with Crippen LogP contribution in [0, 0.1) is 0 Å². The third-order valence-corrected chi connectivity index (χ3v) is 2.70. The Balaban J connectivity index is 3.27. The molecule has 0 amide bonds. The van der Waals surface area contributed by atoms with Gasteiger partial charge in [-0.3, -0.25) is 0 Å². The molecule has 0 bridgehead atoms. The number of phenolic OH excluding ortho intramolecular Hbond substituents is 1. The van der Waals surface area contributed by atoms with E-state index < -0.39 is 5.97 Å². The standard InChI is InChI=1S/C12H17NO4/c1-7(3-4-13)9-5-8(12(15)16)6-10(17-2)11(9)14/h5-7,14H,3-4,13H2,1-2H3,(H,15,16). The number of aromatic carboxylic acids is 1. The molecule has 0 saturated carbocycles. The number of carbonyl (C=O) groups is 1. The molecule has 1 rings (SSSR count). The summed E-state index contributed by atoms with van der Waals surface area (Å²) in [7, 11) is 1.39. The lowest BCUT2D eigenvalue weighted by Crippen LogP contribution is -2.07. The Labute approximate surface area is 99.8 Å². The van der Waals surface area contributed by atoms with E-state index in [1.807, 2.05) is 6.92 Å². The molecule has 4 N–H and O–H groups in total. The highest BCUT2D eigenvalue weighted by Gasteiger charge is 2.18. The number of ether oxygens (including phenoxy) is 1. The molecule has 1 unspecified atom stereocenters. The first-order chi connectivity index (χ1) is 8.01. The second kappa shape index (κ2) is 5.54. The molecule has 0 radical (unpaired) electrons. The van der Waals surface area contributed by atoms with Gasteiger partial charge < -0.3 is 20.7 Å². The summed E-state index contributed by atoms with van der Waals surface area (Å²) in [4.78, 5) is 11.0. The topological polar surface area (TPSA) is 92.8 Å². The molecule has 0 spiro atoms. The third kappa shape index (κ3) is 2.88. The van der Waals surface area contributed by atoms with E-state index in [9.17, 15) is 9.90 Å². The van der Waals surface area contributed by atoms with Gasteiger partial charge in [0.1, 0.15) is 0 Å². The maximum Gasteiger partial charge on any atom is 0.335 e. The first-order valence-electron chi connectivity index (χ1n) is 5.35. The van der Waals surface area contributed by atoms with Crippen LogP contribution in [0.25, 0.3) is 0 Å². The molecule has 0 aliphatic rings. The number of carboxylic acids is 1. The van der Waals surface area contributed by atoms with Crippen molar-refractivity contribution in [2.45, 2.75) is 19.3 Å². The fraction of sp³-hybridized carbons (Fsp3) is 0.417. The van der Waals surface area contributed by atoms with E-state index in [0.29, 0.717) is 18.5 Å². The summed E-state index contributed by atoms with van der Waals surface area (Å²) in [5.41, 5.74) is 6.10. The van der Waals surface area contributed by atoms with Crippen molar-refractivity contribution in [1.29, 1.82) is 0 Å². The second-order valence-electron chi connectivity index (χ2n) is 3.90. The van der Waals surface area contributed by atoms with Crippen LogP contribution in [-0.4, -0.2) is 29.8 Å². The Morgan fingerprint density at radius 3 is 2.65 bits per heavy atom. The van der Waals surface area contributed by atoms with Crippen molar-refractivity contribution in [3.63, 3.8) is 0 Å². The lowest BCUT2D eigenvalue weighted by molar-refractivity contribution is 0.0696. The van der Waals surface area contributed by atoms with Gasteiger partial charge in [-0.1, -0.05) is 6.92 Å². The zero-order chi connectivity index (χ0) is 13.0. The highest BCUT2D eigenvalue weighted by Crippen LogP contribution is 2.36.